The third-order valence-electron chi connectivity index (χ3n) is 3.67. The van der Waals surface area contributed by atoms with Crippen molar-refractivity contribution in [3.63, 3.8) is 0 Å². The number of ether oxygens (including phenoxy) is 1. The standard InChI is InChI=1S/C14H21BrN2O/c1-10-8-13(15)14(18-3)12(11(10)2)9-17-6-4-16-5-7-17/h8,16H,4-7,9H2,1-3H3. The highest BCUT2D eigenvalue weighted by atomic mass is 79.9. The summed E-state index contributed by atoms with van der Waals surface area (Å²) in [6, 6.07) is 2.13. The third-order valence-corrected chi connectivity index (χ3v) is 4.26. The van der Waals surface area contributed by atoms with E-state index in [-0.39, 0.29) is 0 Å². The summed E-state index contributed by atoms with van der Waals surface area (Å²) in [5.74, 6) is 0.983. The minimum Gasteiger partial charge on any atom is -0.495 e. The van der Waals surface area contributed by atoms with Gasteiger partial charge in [-0.05, 0) is 47.0 Å². The first-order valence-corrected chi connectivity index (χ1v) is 7.18. The molecule has 0 aliphatic carbocycles. The van der Waals surface area contributed by atoms with Crippen molar-refractivity contribution in [1.82, 2.24) is 10.2 Å². The summed E-state index contributed by atoms with van der Waals surface area (Å²) in [5, 5.41) is 3.38. The molecule has 0 atom stereocenters. The number of nitrogens with one attached hydrogen (secondary N) is 1. The van der Waals surface area contributed by atoms with E-state index in [1.165, 1.54) is 16.7 Å². The average Bonchev–Trinajstić information content (AvgIpc) is 2.37. The molecule has 1 fully saturated rings. The minimum atomic E-state index is 0.969. The largest absolute Gasteiger partial charge is 0.495 e. The van der Waals surface area contributed by atoms with Crippen molar-refractivity contribution in [3.05, 3.63) is 27.2 Å². The van der Waals surface area contributed by atoms with Gasteiger partial charge in [0.05, 0.1) is 11.6 Å². The molecule has 4 heteroatoms. The topological polar surface area (TPSA) is 24.5 Å². The summed E-state index contributed by atoms with van der Waals surface area (Å²) in [4.78, 5) is 2.48. The monoisotopic (exact) mass is 312 g/mol. The summed E-state index contributed by atoms with van der Waals surface area (Å²) >= 11 is 3.60. The van der Waals surface area contributed by atoms with E-state index in [1.807, 2.05) is 0 Å². The lowest BCUT2D eigenvalue weighted by Gasteiger charge is -2.29. The Kier molecular flexibility index (Phi) is 4.65. The zero-order valence-electron chi connectivity index (χ0n) is 11.3. The zero-order chi connectivity index (χ0) is 13.1. The molecule has 1 saturated heterocycles. The molecular formula is C14H21BrN2O. The molecule has 2 rings (SSSR count). The van der Waals surface area contributed by atoms with Gasteiger partial charge in [-0.1, -0.05) is 0 Å². The van der Waals surface area contributed by atoms with E-state index < -0.39 is 0 Å². The fourth-order valence-corrected chi connectivity index (χ4v) is 3.16. The number of hydrogen-bond acceptors (Lipinski definition) is 3. The summed E-state index contributed by atoms with van der Waals surface area (Å²) < 4.78 is 6.62. The van der Waals surface area contributed by atoms with Gasteiger partial charge in [-0.2, -0.15) is 0 Å². The zero-order valence-corrected chi connectivity index (χ0v) is 12.9. The molecule has 100 valence electrons. The summed E-state index contributed by atoms with van der Waals surface area (Å²) in [6.45, 7) is 9.67. The highest BCUT2D eigenvalue weighted by Crippen LogP contribution is 2.34. The van der Waals surface area contributed by atoms with Gasteiger partial charge >= 0.3 is 0 Å². The van der Waals surface area contributed by atoms with Crippen LogP contribution in [0.15, 0.2) is 10.5 Å². The van der Waals surface area contributed by atoms with E-state index in [9.17, 15) is 0 Å². The number of rotatable bonds is 3. The molecule has 0 aromatic heterocycles. The molecule has 0 saturated carbocycles. The second kappa shape index (κ2) is 6.04. The molecule has 0 amide bonds. The molecule has 18 heavy (non-hydrogen) atoms. The molecule has 0 spiro atoms. The molecule has 1 aromatic rings. The van der Waals surface area contributed by atoms with Crippen LogP contribution >= 0.6 is 15.9 Å². The molecule has 1 aliphatic rings. The van der Waals surface area contributed by atoms with Crippen LogP contribution in [-0.4, -0.2) is 38.2 Å². The Balaban J connectivity index is 2.29. The van der Waals surface area contributed by atoms with Gasteiger partial charge in [0, 0.05) is 38.3 Å². The van der Waals surface area contributed by atoms with Crippen LogP contribution in [0.4, 0.5) is 0 Å². The van der Waals surface area contributed by atoms with Crippen LogP contribution in [0.1, 0.15) is 16.7 Å². The first kappa shape index (κ1) is 13.8. The number of benzene rings is 1. The maximum atomic E-state index is 5.56. The van der Waals surface area contributed by atoms with E-state index in [1.54, 1.807) is 7.11 Å². The molecule has 1 aliphatic heterocycles. The van der Waals surface area contributed by atoms with Crippen molar-refractivity contribution >= 4 is 15.9 Å². The molecular weight excluding hydrogens is 292 g/mol. The van der Waals surface area contributed by atoms with Crippen molar-refractivity contribution in [2.75, 3.05) is 33.3 Å². The van der Waals surface area contributed by atoms with Crippen LogP contribution in [0.3, 0.4) is 0 Å². The summed E-state index contributed by atoms with van der Waals surface area (Å²) in [6.07, 6.45) is 0. The first-order valence-electron chi connectivity index (χ1n) is 6.39. The predicted octanol–water partition coefficient (Wildman–Crippen LogP) is 2.48. The van der Waals surface area contributed by atoms with Gasteiger partial charge in [-0.3, -0.25) is 4.90 Å². The van der Waals surface area contributed by atoms with Crippen molar-refractivity contribution in [3.8, 4) is 5.75 Å². The Labute approximate surface area is 118 Å². The normalized spacial score (nSPS) is 16.9. The van der Waals surface area contributed by atoms with Gasteiger partial charge in [0.1, 0.15) is 5.75 Å². The highest BCUT2D eigenvalue weighted by Gasteiger charge is 2.17. The van der Waals surface area contributed by atoms with E-state index >= 15 is 0 Å². The van der Waals surface area contributed by atoms with Crippen molar-refractivity contribution in [2.45, 2.75) is 20.4 Å². The maximum absolute atomic E-state index is 5.56. The predicted molar refractivity (Wildman–Crippen MR) is 78.3 cm³/mol. The first-order chi connectivity index (χ1) is 8.63. The van der Waals surface area contributed by atoms with E-state index in [4.69, 9.17) is 4.74 Å². The maximum Gasteiger partial charge on any atom is 0.137 e. The third kappa shape index (κ3) is 2.87. The number of nitrogens with zero attached hydrogens (tertiary/aromatic N) is 1. The van der Waals surface area contributed by atoms with Crippen LogP contribution in [0.2, 0.25) is 0 Å². The minimum absolute atomic E-state index is 0.969. The number of hydrogen-bond donors (Lipinski definition) is 1. The van der Waals surface area contributed by atoms with Crippen LogP contribution < -0.4 is 10.1 Å². The number of methoxy groups -OCH3 is 1. The number of aryl methyl sites for hydroxylation is 1. The highest BCUT2D eigenvalue weighted by molar-refractivity contribution is 9.10. The Bertz CT molecular complexity index is 428. The van der Waals surface area contributed by atoms with Gasteiger partial charge in [0.15, 0.2) is 0 Å². The molecule has 0 unspecified atom stereocenters. The number of piperazine rings is 1. The Hall–Kier alpha value is -0.580. The average molecular weight is 313 g/mol. The smallest absolute Gasteiger partial charge is 0.137 e. The molecule has 0 bridgehead atoms. The second-order valence-electron chi connectivity index (χ2n) is 4.84. The van der Waals surface area contributed by atoms with Crippen molar-refractivity contribution in [2.24, 2.45) is 0 Å². The molecule has 1 N–H and O–H groups in total. The summed E-state index contributed by atoms with van der Waals surface area (Å²) in [7, 11) is 1.75. The van der Waals surface area contributed by atoms with E-state index in [0.29, 0.717) is 0 Å². The van der Waals surface area contributed by atoms with Gasteiger partial charge in [-0.15, -0.1) is 0 Å². The van der Waals surface area contributed by atoms with Crippen LogP contribution in [-0.2, 0) is 6.54 Å². The molecule has 0 radical (unpaired) electrons. The Morgan fingerprint density at radius 2 is 2.00 bits per heavy atom. The molecule has 3 nitrogen and oxygen atoms in total. The van der Waals surface area contributed by atoms with Crippen LogP contribution in [0.5, 0.6) is 5.75 Å². The van der Waals surface area contributed by atoms with Crippen LogP contribution in [0.25, 0.3) is 0 Å². The fraction of sp³-hybridized carbons (Fsp3) is 0.571. The van der Waals surface area contributed by atoms with Gasteiger partial charge in [0.25, 0.3) is 0 Å². The lowest BCUT2D eigenvalue weighted by Crippen LogP contribution is -2.43. The van der Waals surface area contributed by atoms with Gasteiger partial charge in [-0.25, -0.2) is 0 Å². The lowest BCUT2D eigenvalue weighted by molar-refractivity contribution is 0.229. The van der Waals surface area contributed by atoms with Gasteiger partial charge in [0.2, 0.25) is 0 Å². The second-order valence-corrected chi connectivity index (χ2v) is 5.69. The quantitative estimate of drug-likeness (QED) is 0.928. The Morgan fingerprint density at radius 3 is 2.61 bits per heavy atom. The van der Waals surface area contributed by atoms with Crippen LogP contribution in [0, 0.1) is 13.8 Å². The van der Waals surface area contributed by atoms with Gasteiger partial charge < -0.3 is 10.1 Å². The van der Waals surface area contributed by atoms with E-state index in [0.717, 1.165) is 42.9 Å². The Morgan fingerprint density at radius 1 is 1.33 bits per heavy atom. The molecule has 1 aromatic carbocycles. The van der Waals surface area contributed by atoms with Crippen molar-refractivity contribution < 1.29 is 4.74 Å². The lowest BCUT2D eigenvalue weighted by atomic mass is 10.0. The fourth-order valence-electron chi connectivity index (χ4n) is 2.42. The van der Waals surface area contributed by atoms with E-state index in [2.05, 4.69) is 46.1 Å². The molecule has 1 heterocycles. The summed E-state index contributed by atoms with van der Waals surface area (Å²) in [5.41, 5.74) is 3.97. The number of halogens is 1. The van der Waals surface area contributed by atoms with Crippen molar-refractivity contribution in [1.29, 1.82) is 0 Å². The SMILES string of the molecule is COc1c(Br)cc(C)c(C)c1CN1CCNCC1.